The number of nitrogens with one attached hydrogen (secondary N) is 1. The van der Waals surface area contributed by atoms with Gasteiger partial charge in [-0.3, -0.25) is 4.98 Å². The first kappa shape index (κ1) is 19.0. The van der Waals surface area contributed by atoms with Crippen LogP contribution in [0.2, 0.25) is 5.02 Å². The Kier molecular flexibility index (Phi) is 5.13. The number of thiocarbonyl (C=S) groups is 1. The lowest BCUT2D eigenvalue weighted by molar-refractivity contribution is 0.563. The number of nitrogens with zero attached hydrogens (tertiary/aromatic N) is 3. The number of hydrogen-bond donors (Lipinski definition) is 1. The monoisotopic (exact) mass is 410 g/mol. The quantitative estimate of drug-likeness (QED) is 0.587. The number of benzene rings is 1. The van der Waals surface area contributed by atoms with E-state index in [0.717, 1.165) is 17.9 Å². The van der Waals surface area contributed by atoms with Crippen LogP contribution >= 0.6 is 23.8 Å². The minimum Gasteiger partial charge on any atom is -0.351 e. The van der Waals surface area contributed by atoms with Crippen molar-refractivity contribution in [1.29, 1.82) is 0 Å². The second kappa shape index (κ2) is 7.57. The second-order valence-electron chi connectivity index (χ2n) is 7.04. The van der Waals surface area contributed by atoms with E-state index in [1.54, 1.807) is 0 Å². The first-order valence-corrected chi connectivity index (χ1v) is 10.2. The van der Waals surface area contributed by atoms with Gasteiger partial charge in [-0.15, -0.1) is 0 Å². The summed E-state index contributed by atoms with van der Waals surface area (Å²) in [5.41, 5.74) is 5.77. The summed E-state index contributed by atoms with van der Waals surface area (Å²) in [6, 6.07) is 16.1. The van der Waals surface area contributed by atoms with Gasteiger partial charge in [-0.25, -0.2) is 0 Å². The molecule has 1 aliphatic heterocycles. The summed E-state index contributed by atoms with van der Waals surface area (Å²) in [4.78, 5) is 6.80. The summed E-state index contributed by atoms with van der Waals surface area (Å²) in [6.07, 6.45) is 1.83. The van der Waals surface area contributed by atoms with Gasteiger partial charge in [0.1, 0.15) is 0 Å². The van der Waals surface area contributed by atoms with Gasteiger partial charge >= 0.3 is 0 Å². The lowest BCUT2D eigenvalue weighted by atomic mass is 9.96. The molecule has 3 heterocycles. The SMILES string of the molecule is CCn1c(C)cc([C@@H]2[C@H](c3ccccn3)NC(=S)N2c2ccc(Cl)cc2)c1C. The molecule has 1 saturated heterocycles. The molecule has 4 rings (SSSR count). The van der Waals surface area contributed by atoms with Gasteiger partial charge in [0, 0.05) is 34.8 Å². The molecule has 1 aliphatic rings. The van der Waals surface area contributed by atoms with Gasteiger partial charge in [-0.1, -0.05) is 17.7 Å². The summed E-state index contributed by atoms with van der Waals surface area (Å²) in [6.45, 7) is 7.46. The first-order chi connectivity index (χ1) is 13.5. The lowest BCUT2D eigenvalue weighted by Crippen LogP contribution is -2.29. The standard InChI is InChI=1S/C22H23ClN4S/c1-4-26-14(2)13-18(15(26)3)21-20(19-7-5-6-12-24-19)25-22(28)27(21)17-10-8-16(23)9-11-17/h5-13,20-21H,4H2,1-3H3,(H,25,28)/t20-,21+/m0/s1. The predicted octanol–water partition coefficient (Wildman–Crippen LogP) is 5.35. The molecule has 1 N–H and O–H groups in total. The largest absolute Gasteiger partial charge is 0.351 e. The van der Waals surface area contributed by atoms with E-state index >= 15 is 0 Å². The normalized spacial score (nSPS) is 19.1. The minimum atomic E-state index is -0.0322. The van der Waals surface area contributed by atoms with Crippen LogP contribution in [0.15, 0.2) is 54.7 Å². The van der Waals surface area contributed by atoms with Gasteiger partial charge in [0.05, 0.1) is 17.8 Å². The van der Waals surface area contributed by atoms with E-state index in [0.29, 0.717) is 10.1 Å². The van der Waals surface area contributed by atoms with Crippen LogP contribution in [0.25, 0.3) is 0 Å². The maximum absolute atomic E-state index is 6.12. The Morgan fingerprint density at radius 3 is 2.50 bits per heavy atom. The molecular weight excluding hydrogens is 388 g/mol. The Bertz CT molecular complexity index is 997. The van der Waals surface area contributed by atoms with Gasteiger partial charge in [-0.2, -0.15) is 0 Å². The molecule has 4 nitrogen and oxygen atoms in total. The van der Waals surface area contributed by atoms with Crippen molar-refractivity contribution in [3.63, 3.8) is 0 Å². The van der Waals surface area contributed by atoms with E-state index in [9.17, 15) is 0 Å². The molecule has 144 valence electrons. The molecule has 0 saturated carbocycles. The minimum absolute atomic E-state index is 0.00933. The van der Waals surface area contributed by atoms with E-state index in [1.165, 1.54) is 17.0 Å². The zero-order valence-corrected chi connectivity index (χ0v) is 17.8. The molecule has 0 aliphatic carbocycles. The van der Waals surface area contributed by atoms with Crippen molar-refractivity contribution in [2.75, 3.05) is 4.90 Å². The fourth-order valence-corrected chi connectivity index (χ4v) is 4.64. The predicted molar refractivity (Wildman–Crippen MR) is 119 cm³/mol. The third-order valence-corrected chi connectivity index (χ3v) is 6.02. The molecule has 1 aromatic carbocycles. The van der Waals surface area contributed by atoms with Crippen molar-refractivity contribution in [3.05, 3.63) is 82.4 Å². The molecule has 0 unspecified atom stereocenters. The Labute approximate surface area is 176 Å². The molecule has 1 fully saturated rings. The first-order valence-electron chi connectivity index (χ1n) is 9.44. The van der Waals surface area contributed by atoms with Crippen molar-refractivity contribution in [3.8, 4) is 0 Å². The summed E-state index contributed by atoms with van der Waals surface area (Å²) >= 11 is 11.9. The third kappa shape index (κ3) is 3.19. The second-order valence-corrected chi connectivity index (χ2v) is 7.87. The maximum Gasteiger partial charge on any atom is 0.174 e. The van der Waals surface area contributed by atoms with Gasteiger partial charge in [-0.05, 0) is 81.0 Å². The van der Waals surface area contributed by atoms with Crippen molar-refractivity contribution in [2.24, 2.45) is 0 Å². The Balaban J connectivity index is 1.88. The van der Waals surface area contributed by atoms with E-state index in [-0.39, 0.29) is 12.1 Å². The van der Waals surface area contributed by atoms with Crippen LogP contribution in [0.3, 0.4) is 0 Å². The van der Waals surface area contributed by atoms with Crippen LogP contribution < -0.4 is 10.2 Å². The van der Waals surface area contributed by atoms with E-state index < -0.39 is 0 Å². The van der Waals surface area contributed by atoms with E-state index in [1.807, 2.05) is 42.6 Å². The van der Waals surface area contributed by atoms with Crippen LogP contribution in [0, 0.1) is 13.8 Å². The average molecular weight is 411 g/mol. The number of aryl methyl sites for hydroxylation is 1. The van der Waals surface area contributed by atoms with Gasteiger partial charge < -0.3 is 14.8 Å². The molecule has 0 amide bonds. The van der Waals surface area contributed by atoms with Gasteiger partial charge in [0.15, 0.2) is 5.11 Å². The number of anilines is 1. The molecular formula is C22H23ClN4S. The highest BCUT2D eigenvalue weighted by molar-refractivity contribution is 7.80. The average Bonchev–Trinajstić information content (AvgIpc) is 3.18. The van der Waals surface area contributed by atoms with E-state index in [2.05, 4.69) is 52.7 Å². The van der Waals surface area contributed by atoms with Crippen LogP contribution in [-0.2, 0) is 6.54 Å². The molecule has 0 spiro atoms. The van der Waals surface area contributed by atoms with E-state index in [4.69, 9.17) is 23.8 Å². The number of rotatable bonds is 4. The zero-order chi connectivity index (χ0) is 19.8. The van der Waals surface area contributed by atoms with Gasteiger partial charge in [0.2, 0.25) is 0 Å². The van der Waals surface area contributed by atoms with Crippen molar-refractivity contribution in [2.45, 2.75) is 39.4 Å². The number of pyridine rings is 1. The molecule has 0 radical (unpaired) electrons. The Morgan fingerprint density at radius 2 is 1.89 bits per heavy atom. The van der Waals surface area contributed by atoms with Crippen molar-refractivity contribution < 1.29 is 0 Å². The molecule has 28 heavy (non-hydrogen) atoms. The Morgan fingerprint density at radius 1 is 1.14 bits per heavy atom. The third-order valence-electron chi connectivity index (χ3n) is 5.45. The summed E-state index contributed by atoms with van der Waals surface area (Å²) in [5.74, 6) is 0. The lowest BCUT2D eigenvalue weighted by Gasteiger charge is -2.28. The summed E-state index contributed by atoms with van der Waals surface area (Å²) in [7, 11) is 0. The molecule has 0 bridgehead atoms. The highest BCUT2D eigenvalue weighted by Gasteiger charge is 2.42. The maximum atomic E-state index is 6.12. The smallest absolute Gasteiger partial charge is 0.174 e. The zero-order valence-electron chi connectivity index (χ0n) is 16.2. The number of hydrogen-bond acceptors (Lipinski definition) is 2. The summed E-state index contributed by atoms with van der Waals surface area (Å²) in [5, 5.41) is 4.92. The molecule has 6 heteroatoms. The fourth-order valence-electron chi connectivity index (χ4n) is 4.16. The molecule has 2 aromatic heterocycles. The van der Waals surface area contributed by atoms with Crippen molar-refractivity contribution >= 4 is 34.6 Å². The van der Waals surface area contributed by atoms with Crippen LogP contribution in [0.4, 0.5) is 5.69 Å². The fraction of sp³-hybridized carbons (Fsp3) is 0.273. The topological polar surface area (TPSA) is 33.1 Å². The van der Waals surface area contributed by atoms with Crippen LogP contribution in [-0.4, -0.2) is 14.7 Å². The van der Waals surface area contributed by atoms with Crippen LogP contribution in [0.5, 0.6) is 0 Å². The summed E-state index contributed by atoms with van der Waals surface area (Å²) < 4.78 is 2.34. The highest BCUT2D eigenvalue weighted by atomic mass is 35.5. The molecule has 2 atom stereocenters. The van der Waals surface area contributed by atoms with Crippen molar-refractivity contribution in [1.82, 2.24) is 14.9 Å². The highest BCUT2D eigenvalue weighted by Crippen LogP contribution is 2.43. The Hall–Kier alpha value is -2.37. The van der Waals surface area contributed by atoms with Gasteiger partial charge in [0.25, 0.3) is 0 Å². The van der Waals surface area contributed by atoms with Crippen LogP contribution in [0.1, 0.15) is 41.7 Å². The number of halogens is 1. The number of aromatic nitrogens is 2. The molecule has 3 aromatic rings.